The maximum Gasteiger partial charge on any atom is 0.173 e. The molecule has 0 spiro atoms. The molecule has 84 valence electrons. The summed E-state index contributed by atoms with van der Waals surface area (Å²) in [5.74, 6) is 1.62. The van der Waals surface area contributed by atoms with Crippen LogP contribution in [0.1, 0.15) is 0 Å². The fourth-order valence-corrected chi connectivity index (χ4v) is 2.22. The summed E-state index contributed by atoms with van der Waals surface area (Å²) in [6.45, 7) is 3.03. The lowest BCUT2D eigenvalue weighted by Crippen LogP contribution is -2.27. The Labute approximate surface area is 99.1 Å². The van der Waals surface area contributed by atoms with Crippen LogP contribution >= 0.6 is 12.2 Å². The maximum absolute atomic E-state index is 5.54. The van der Waals surface area contributed by atoms with Gasteiger partial charge in [0.1, 0.15) is 13.2 Å². The number of benzene rings is 1. The average Bonchev–Trinajstić information content (AvgIpc) is 2.75. The zero-order valence-corrected chi connectivity index (χ0v) is 9.55. The lowest BCUT2D eigenvalue weighted by Gasteiger charge is -2.22. The van der Waals surface area contributed by atoms with E-state index < -0.39 is 0 Å². The van der Waals surface area contributed by atoms with Crippen LogP contribution in [0.4, 0.5) is 5.69 Å². The molecule has 1 saturated heterocycles. The molecule has 1 fully saturated rings. The van der Waals surface area contributed by atoms with Crippen molar-refractivity contribution in [2.24, 2.45) is 0 Å². The van der Waals surface area contributed by atoms with Crippen molar-refractivity contribution in [3.8, 4) is 11.5 Å². The predicted molar refractivity (Wildman–Crippen MR) is 65.4 cm³/mol. The van der Waals surface area contributed by atoms with E-state index in [0.29, 0.717) is 13.2 Å². The topological polar surface area (TPSA) is 33.7 Å². The Balaban J connectivity index is 1.93. The van der Waals surface area contributed by atoms with Crippen LogP contribution in [0.15, 0.2) is 18.2 Å². The van der Waals surface area contributed by atoms with Gasteiger partial charge in [0.2, 0.25) is 0 Å². The van der Waals surface area contributed by atoms with Crippen molar-refractivity contribution in [2.75, 3.05) is 31.2 Å². The predicted octanol–water partition coefficient (Wildman–Crippen LogP) is 1.15. The number of anilines is 1. The van der Waals surface area contributed by atoms with Gasteiger partial charge in [0, 0.05) is 24.8 Å². The number of nitrogens with zero attached hydrogens (tertiary/aromatic N) is 1. The summed E-state index contributed by atoms with van der Waals surface area (Å²) in [5.41, 5.74) is 1.05. The summed E-state index contributed by atoms with van der Waals surface area (Å²) in [7, 11) is 0. The van der Waals surface area contributed by atoms with Gasteiger partial charge in [0.05, 0.1) is 0 Å². The van der Waals surface area contributed by atoms with Crippen molar-refractivity contribution in [1.29, 1.82) is 0 Å². The van der Waals surface area contributed by atoms with E-state index in [2.05, 4.69) is 10.2 Å². The lowest BCUT2D eigenvalue weighted by molar-refractivity contribution is 0.171. The van der Waals surface area contributed by atoms with E-state index in [1.807, 2.05) is 18.2 Å². The number of hydrogen-bond donors (Lipinski definition) is 1. The molecule has 0 atom stereocenters. The Kier molecular flexibility index (Phi) is 2.32. The molecular weight excluding hydrogens is 224 g/mol. The second-order valence-corrected chi connectivity index (χ2v) is 4.10. The highest BCUT2D eigenvalue weighted by Crippen LogP contribution is 2.34. The van der Waals surface area contributed by atoms with Crippen LogP contribution in [0.3, 0.4) is 0 Å². The smallest absolute Gasteiger partial charge is 0.173 e. The Morgan fingerprint density at radius 2 is 2.00 bits per heavy atom. The van der Waals surface area contributed by atoms with Gasteiger partial charge in [-0.3, -0.25) is 0 Å². The third kappa shape index (κ3) is 1.57. The van der Waals surface area contributed by atoms with Crippen molar-refractivity contribution in [2.45, 2.75) is 0 Å². The van der Waals surface area contributed by atoms with Gasteiger partial charge in [-0.25, -0.2) is 0 Å². The van der Waals surface area contributed by atoms with Crippen molar-refractivity contribution >= 4 is 23.0 Å². The van der Waals surface area contributed by atoms with Gasteiger partial charge >= 0.3 is 0 Å². The molecule has 1 aromatic carbocycles. The molecule has 16 heavy (non-hydrogen) atoms. The number of thiocarbonyl (C=S) groups is 1. The van der Waals surface area contributed by atoms with E-state index in [9.17, 15) is 0 Å². The van der Waals surface area contributed by atoms with Gasteiger partial charge in [0.25, 0.3) is 0 Å². The monoisotopic (exact) mass is 236 g/mol. The minimum Gasteiger partial charge on any atom is -0.486 e. The summed E-state index contributed by atoms with van der Waals surface area (Å²) in [6.07, 6.45) is 0. The molecule has 0 unspecified atom stereocenters. The summed E-state index contributed by atoms with van der Waals surface area (Å²) < 4.78 is 11.0. The van der Waals surface area contributed by atoms with Crippen molar-refractivity contribution in [3.63, 3.8) is 0 Å². The fourth-order valence-electron chi connectivity index (χ4n) is 1.92. The van der Waals surface area contributed by atoms with Gasteiger partial charge in [-0.2, -0.15) is 0 Å². The SMILES string of the molecule is S=C1NCCN1c1ccc2c(c1)OCCO2. The van der Waals surface area contributed by atoms with E-state index in [1.54, 1.807) is 0 Å². The van der Waals surface area contributed by atoms with Crippen molar-refractivity contribution < 1.29 is 9.47 Å². The van der Waals surface area contributed by atoms with Gasteiger partial charge in [0.15, 0.2) is 16.6 Å². The third-order valence-electron chi connectivity index (χ3n) is 2.69. The standard InChI is InChI=1S/C11H12N2O2S/c16-11-12-3-4-13(11)8-1-2-9-10(7-8)15-6-5-14-9/h1-2,7H,3-6H2,(H,12,16). The Morgan fingerprint density at radius 3 is 2.75 bits per heavy atom. The van der Waals surface area contributed by atoms with Crippen LogP contribution in [-0.4, -0.2) is 31.4 Å². The Morgan fingerprint density at radius 1 is 1.19 bits per heavy atom. The number of hydrogen-bond acceptors (Lipinski definition) is 3. The molecule has 4 nitrogen and oxygen atoms in total. The molecule has 0 amide bonds. The van der Waals surface area contributed by atoms with E-state index in [4.69, 9.17) is 21.7 Å². The summed E-state index contributed by atoms with van der Waals surface area (Å²) >= 11 is 5.22. The average molecular weight is 236 g/mol. The highest BCUT2D eigenvalue weighted by Gasteiger charge is 2.20. The van der Waals surface area contributed by atoms with Crippen LogP contribution in [0.5, 0.6) is 11.5 Å². The molecule has 0 bridgehead atoms. The summed E-state index contributed by atoms with van der Waals surface area (Å²) in [6, 6.07) is 5.92. The largest absolute Gasteiger partial charge is 0.486 e. The first kappa shape index (κ1) is 9.72. The minimum atomic E-state index is 0.610. The fraction of sp³-hybridized carbons (Fsp3) is 0.364. The highest BCUT2D eigenvalue weighted by molar-refractivity contribution is 7.80. The molecule has 1 aromatic rings. The van der Waals surface area contributed by atoms with Crippen LogP contribution in [-0.2, 0) is 0 Å². The molecule has 0 aliphatic carbocycles. The molecule has 2 aliphatic heterocycles. The molecular formula is C11H12N2O2S. The summed E-state index contributed by atoms with van der Waals surface area (Å²) in [5, 5.41) is 3.91. The molecule has 0 aromatic heterocycles. The van der Waals surface area contributed by atoms with Crippen LogP contribution in [0, 0.1) is 0 Å². The van der Waals surface area contributed by atoms with Gasteiger partial charge < -0.3 is 19.7 Å². The minimum absolute atomic E-state index is 0.610. The molecule has 5 heteroatoms. The zero-order valence-electron chi connectivity index (χ0n) is 8.73. The maximum atomic E-state index is 5.54. The zero-order chi connectivity index (χ0) is 11.0. The Hall–Kier alpha value is -1.49. The molecule has 1 N–H and O–H groups in total. The number of nitrogens with one attached hydrogen (secondary N) is 1. The Bertz CT molecular complexity index is 436. The van der Waals surface area contributed by atoms with Crippen LogP contribution in [0.2, 0.25) is 0 Å². The quantitative estimate of drug-likeness (QED) is 0.740. The number of fused-ring (bicyclic) bond motifs is 1. The van der Waals surface area contributed by atoms with Crippen molar-refractivity contribution in [3.05, 3.63) is 18.2 Å². The normalized spacial score (nSPS) is 18.5. The van der Waals surface area contributed by atoms with Crippen LogP contribution < -0.4 is 19.7 Å². The van der Waals surface area contributed by atoms with Gasteiger partial charge in [-0.15, -0.1) is 0 Å². The van der Waals surface area contributed by atoms with E-state index >= 15 is 0 Å². The number of ether oxygens (including phenoxy) is 2. The molecule has 3 rings (SSSR count). The van der Waals surface area contributed by atoms with E-state index in [-0.39, 0.29) is 0 Å². The summed E-state index contributed by atoms with van der Waals surface area (Å²) in [4.78, 5) is 2.06. The molecule has 2 heterocycles. The molecule has 0 saturated carbocycles. The van der Waals surface area contributed by atoms with E-state index in [1.165, 1.54) is 0 Å². The first-order valence-corrected chi connectivity index (χ1v) is 5.70. The second-order valence-electron chi connectivity index (χ2n) is 3.71. The van der Waals surface area contributed by atoms with Crippen molar-refractivity contribution in [1.82, 2.24) is 5.32 Å². The molecule has 2 aliphatic rings. The first-order chi connectivity index (χ1) is 7.84. The highest BCUT2D eigenvalue weighted by atomic mass is 32.1. The second kappa shape index (κ2) is 3.83. The van der Waals surface area contributed by atoms with E-state index in [0.717, 1.165) is 35.4 Å². The van der Waals surface area contributed by atoms with Crippen LogP contribution in [0.25, 0.3) is 0 Å². The third-order valence-corrected chi connectivity index (χ3v) is 3.06. The lowest BCUT2D eigenvalue weighted by atomic mass is 10.2. The number of rotatable bonds is 1. The van der Waals surface area contributed by atoms with Gasteiger partial charge in [-0.05, 0) is 24.4 Å². The molecule has 0 radical (unpaired) electrons. The first-order valence-electron chi connectivity index (χ1n) is 5.29. The van der Waals surface area contributed by atoms with Gasteiger partial charge in [-0.1, -0.05) is 0 Å².